The van der Waals surface area contributed by atoms with E-state index in [4.69, 9.17) is 4.42 Å². The second-order valence-electron chi connectivity index (χ2n) is 5.56. The second kappa shape index (κ2) is 7.46. The number of nitrogens with zero attached hydrogens (tertiary/aromatic N) is 1. The lowest BCUT2D eigenvalue weighted by atomic mass is 10.0. The molecule has 1 heterocycles. The van der Waals surface area contributed by atoms with Gasteiger partial charge in [-0.15, -0.1) is 0 Å². The van der Waals surface area contributed by atoms with Gasteiger partial charge in [-0.3, -0.25) is 4.57 Å². The quantitative estimate of drug-likeness (QED) is 0.748. The van der Waals surface area contributed by atoms with Crippen molar-refractivity contribution in [2.75, 3.05) is 0 Å². The Labute approximate surface area is 125 Å². The van der Waals surface area contributed by atoms with E-state index >= 15 is 0 Å². The van der Waals surface area contributed by atoms with Crippen LogP contribution in [0.2, 0.25) is 0 Å². The van der Waals surface area contributed by atoms with Crippen molar-refractivity contribution in [2.24, 2.45) is 0 Å². The molecule has 0 aliphatic carbocycles. The lowest BCUT2D eigenvalue weighted by Crippen LogP contribution is -2.11. The minimum atomic E-state index is -0.480. The molecule has 116 valence electrons. The van der Waals surface area contributed by atoms with Gasteiger partial charge in [-0.1, -0.05) is 45.1 Å². The topological polar surface area (TPSA) is 55.4 Å². The van der Waals surface area contributed by atoms with Crippen molar-refractivity contribution < 1.29 is 9.52 Å². The molecule has 0 spiro atoms. The van der Waals surface area contributed by atoms with Crippen molar-refractivity contribution >= 4 is 11.1 Å². The Bertz CT molecular complexity index is 626. The summed E-state index contributed by atoms with van der Waals surface area (Å²) >= 11 is 0. The highest BCUT2D eigenvalue weighted by molar-refractivity contribution is 5.73. The van der Waals surface area contributed by atoms with Crippen molar-refractivity contribution in [1.29, 1.82) is 0 Å². The third-order valence-corrected chi connectivity index (χ3v) is 3.97. The fraction of sp³-hybridized carbons (Fsp3) is 0.588. The molecule has 1 unspecified atom stereocenters. The average molecular weight is 291 g/mol. The van der Waals surface area contributed by atoms with Crippen molar-refractivity contribution in [3.8, 4) is 0 Å². The van der Waals surface area contributed by atoms with Crippen LogP contribution in [0.1, 0.15) is 64.0 Å². The molecule has 1 aromatic carbocycles. The first-order valence-electron chi connectivity index (χ1n) is 7.98. The lowest BCUT2D eigenvalue weighted by Gasteiger charge is -2.10. The maximum absolute atomic E-state index is 11.7. The van der Waals surface area contributed by atoms with Gasteiger partial charge in [0.25, 0.3) is 0 Å². The molecular weight excluding hydrogens is 266 g/mol. The Kier molecular flexibility index (Phi) is 5.62. The van der Waals surface area contributed by atoms with Gasteiger partial charge < -0.3 is 9.52 Å². The van der Waals surface area contributed by atoms with E-state index in [1.165, 1.54) is 19.3 Å². The van der Waals surface area contributed by atoms with Crippen LogP contribution in [0.3, 0.4) is 0 Å². The number of benzene rings is 1. The first-order chi connectivity index (χ1) is 10.2. The predicted molar refractivity (Wildman–Crippen MR) is 84.5 cm³/mol. The van der Waals surface area contributed by atoms with Crippen LogP contribution in [-0.4, -0.2) is 9.67 Å². The Balaban J connectivity index is 2.03. The van der Waals surface area contributed by atoms with E-state index in [0.29, 0.717) is 12.1 Å². The maximum Gasteiger partial charge on any atom is 0.419 e. The summed E-state index contributed by atoms with van der Waals surface area (Å²) < 4.78 is 6.83. The summed E-state index contributed by atoms with van der Waals surface area (Å²) in [6.07, 6.45) is 6.19. The average Bonchev–Trinajstić information content (AvgIpc) is 2.80. The van der Waals surface area contributed by atoms with Crippen LogP contribution >= 0.6 is 0 Å². The van der Waals surface area contributed by atoms with Crippen molar-refractivity contribution in [1.82, 2.24) is 4.57 Å². The number of aryl methyl sites for hydroxylation is 1. The molecule has 1 atom stereocenters. The lowest BCUT2D eigenvalue weighted by molar-refractivity contribution is 0.163. The van der Waals surface area contributed by atoms with Gasteiger partial charge in [0.1, 0.15) is 0 Å². The number of unbranched alkanes of at least 4 members (excludes halogenated alkanes) is 4. The summed E-state index contributed by atoms with van der Waals surface area (Å²) in [7, 11) is 0. The standard InChI is InChI=1S/C17H25NO3/c1-3-5-6-7-8-9-15(19)13-10-11-14-16(12-13)21-17(20)18(14)4-2/h10-12,15,19H,3-9H2,1-2H3. The van der Waals surface area contributed by atoms with Crippen LogP contribution in [0.4, 0.5) is 0 Å². The fourth-order valence-electron chi connectivity index (χ4n) is 2.70. The van der Waals surface area contributed by atoms with Crippen LogP contribution in [0, 0.1) is 0 Å². The Morgan fingerprint density at radius 1 is 1.19 bits per heavy atom. The van der Waals surface area contributed by atoms with Gasteiger partial charge in [-0.05, 0) is 31.0 Å². The van der Waals surface area contributed by atoms with Crippen molar-refractivity contribution in [3.05, 3.63) is 34.3 Å². The van der Waals surface area contributed by atoms with Gasteiger partial charge in [0.15, 0.2) is 5.58 Å². The number of aliphatic hydroxyl groups excluding tert-OH is 1. The molecule has 0 amide bonds. The Morgan fingerprint density at radius 2 is 1.95 bits per heavy atom. The molecule has 0 aliphatic rings. The molecule has 0 fully saturated rings. The van der Waals surface area contributed by atoms with Crippen LogP contribution < -0.4 is 5.76 Å². The normalized spacial score (nSPS) is 12.9. The third kappa shape index (κ3) is 3.76. The fourth-order valence-corrected chi connectivity index (χ4v) is 2.70. The molecule has 2 aromatic rings. The number of oxazole rings is 1. The summed E-state index contributed by atoms with van der Waals surface area (Å²) in [6, 6.07) is 5.54. The summed E-state index contributed by atoms with van der Waals surface area (Å²) in [5.41, 5.74) is 2.18. The van der Waals surface area contributed by atoms with Crippen LogP contribution in [0.5, 0.6) is 0 Å². The molecule has 4 nitrogen and oxygen atoms in total. The summed E-state index contributed by atoms with van der Waals surface area (Å²) in [5.74, 6) is -0.335. The molecule has 0 radical (unpaired) electrons. The smallest absolute Gasteiger partial charge is 0.408 e. The number of aromatic nitrogens is 1. The first kappa shape index (κ1) is 15.8. The molecule has 0 aliphatic heterocycles. The zero-order chi connectivity index (χ0) is 15.2. The molecule has 0 saturated heterocycles. The zero-order valence-corrected chi connectivity index (χ0v) is 13.0. The van der Waals surface area contributed by atoms with Gasteiger partial charge >= 0.3 is 5.76 Å². The summed E-state index contributed by atoms with van der Waals surface area (Å²) in [4.78, 5) is 11.7. The zero-order valence-electron chi connectivity index (χ0n) is 13.0. The van der Waals surface area contributed by atoms with Crippen LogP contribution in [0.15, 0.2) is 27.4 Å². The van der Waals surface area contributed by atoms with Gasteiger partial charge in [0, 0.05) is 6.54 Å². The number of hydrogen-bond donors (Lipinski definition) is 1. The third-order valence-electron chi connectivity index (χ3n) is 3.97. The number of fused-ring (bicyclic) bond motifs is 1. The summed E-state index contributed by atoms with van der Waals surface area (Å²) in [5, 5.41) is 10.2. The largest absolute Gasteiger partial charge is 0.419 e. The second-order valence-corrected chi connectivity index (χ2v) is 5.56. The minimum absolute atomic E-state index is 0.335. The van der Waals surface area contributed by atoms with Crippen molar-refractivity contribution in [3.63, 3.8) is 0 Å². The number of hydrogen-bond acceptors (Lipinski definition) is 3. The van der Waals surface area contributed by atoms with E-state index in [0.717, 1.165) is 30.3 Å². The number of rotatable bonds is 8. The maximum atomic E-state index is 11.7. The highest BCUT2D eigenvalue weighted by Gasteiger charge is 2.12. The van der Waals surface area contributed by atoms with Crippen molar-refractivity contribution in [2.45, 2.75) is 65.0 Å². The van der Waals surface area contributed by atoms with Gasteiger partial charge in [-0.2, -0.15) is 0 Å². The Morgan fingerprint density at radius 3 is 2.67 bits per heavy atom. The van der Waals surface area contributed by atoms with Gasteiger partial charge in [0.2, 0.25) is 0 Å². The van der Waals surface area contributed by atoms with E-state index in [1.54, 1.807) is 10.6 Å². The molecule has 1 N–H and O–H groups in total. The minimum Gasteiger partial charge on any atom is -0.408 e. The molecule has 4 heteroatoms. The molecule has 0 saturated carbocycles. The van der Waals surface area contributed by atoms with E-state index in [1.807, 2.05) is 19.1 Å². The van der Waals surface area contributed by atoms with E-state index in [9.17, 15) is 9.90 Å². The molecular formula is C17H25NO3. The van der Waals surface area contributed by atoms with Gasteiger partial charge in [0.05, 0.1) is 11.6 Å². The highest BCUT2D eigenvalue weighted by atomic mass is 16.4. The number of aliphatic hydroxyl groups is 1. The molecule has 0 bridgehead atoms. The monoisotopic (exact) mass is 291 g/mol. The summed E-state index contributed by atoms with van der Waals surface area (Å²) in [6.45, 7) is 4.70. The Hall–Kier alpha value is -1.55. The predicted octanol–water partition coefficient (Wildman–Crippen LogP) is 4.01. The van der Waals surface area contributed by atoms with E-state index < -0.39 is 6.10 Å². The first-order valence-corrected chi connectivity index (χ1v) is 7.98. The molecule has 2 rings (SSSR count). The molecule has 21 heavy (non-hydrogen) atoms. The van der Waals surface area contributed by atoms with E-state index in [-0.39, 0.29) is 5.76 Å². The van der Waals surface area contributed by atoms with E-state index in [2.05, 4.69) is 6.92 Å². The molecule has 1 aromatic heterocycles. The van der Waals surface area contributed by atoms with Crippen LogP contribution in [0.25, 0.3) is 11.1 Å². The highest BCUT2D eigenvalue weighted by Crippen LogP contribution is 2.24. The van der Waals surface area contributed by atoms with Crippen LogP contribution in [-0.2, 0) is 6.54 Å². The SMILES string of the molecule is CCCCCCCC(O)c1ccc2c(c1)oc(=O)n2CC. The van der Waals surface area contributed by atoms with Gasteiger partial charge in [-0.25, -0.2) is 4.79 Å².